The lowest BCUT2D eigenvalue weighted by molar-refractivity contribution is 1.02. The molecular weight excluding hydrogens is 236 g/mol. The van der Waals surface area contributed by atoms with Crippen molar-refractivity contribution in [2.75, 3.05) is 5.32 Å². The molecule has 2 aromatic heterocycles. The zero-order chi connectivity index (χ0) is 13.4. The van der Waals surface area contributed by atoms with Crippen molar-refractivity contribution in [3.05, 3.63) is 47.5 Å². The van der Waals surface area contributed by atoms with Crippen molar-refractivity contribution in [2.24, 2.45) is 0 Å². The van der Waals surface area contributed by atoms with Crippen molar-refractivity contribution < 1.29 is 0 Å². The average Bonchev–Trinajstić information content (AvgIpc) is 2.67. The van der Waals surface area contributed by atoms with Crippen LogP contribution in [0.5, 0.6) is 0 Å². The number of nitrogens with one attached hydrogen (secondary N) is 2. The van der Waals surface area contributed by atoms with E-state index in [9.17, 15) is 0 Å². The minimum atomic E-state index is 0.779. The van der Waals surface area contributed by atoms with Gasteiger partial charge in [-0.15, -0.1) is 0 Å². The highest BCUT2D eigenvalue weighted by molar-refractivity contribution is 5.84. The molecule has 3 rings (SSSR count). The number of anilines is 2. The molecule has 0 radical (unpaired) electrons. The lowest BCUT2D eigenvalue weighted by Gasteiger charge is -2.07. The second kappa shape index (κ2) is 4.39. The number of hydrogen-bond donors (Lipinski definition) is 2. The van der Waals surface area contributed by atoms with Gasteiger partial charge in [0.25, 0.3) is 0 Å². The summed E-state index contributed by atoms with van der Waals surface area (Å²) in [7, 11) is 0. The van der Waals surface area contributed by atoms with E-state index >= 15 is 0 Å². The van der Waals surface area contributed by atoms with Gasteiger partial charge in [0.15, 0.2) is 0 Å². The third-order valence-corrected chi connectivity index (χ3v) is 2.99. The molecule has 0 aliphatic rings. The van der Waals surface area contributed by atoms with Gasteiger partial charge in [0, 0.05) is 34.0 Å². The largest absolute Gasteiger partial charge is 0.359 e. The molecule has 0 spiro atoms. The second-order valence-electron chi connectivity index (χ2n) is 4.82. The van der Waals surface area contributed by atoms with Crippen LogP contribution in [0.1, 0.15) is 17.2 Å². The molecule has 19 heavy (non-hydrogen) atoms. The van der Waals surface area contributed by atoms with Crippen molar-refractivity contribution in [1.29, 1.82) is 0 Å². The van der Waals surface area contributed by atoms with E-state index in [0.717, 1.165) is 28.5 Å². The standard InChI is InChI=1S/C15H16N4/c1-9-6-12-8-13(4-5-14(12)17-9)19-15-7-10(2)16-11(3)18-15/h4-8,17H,1-3H3,(H,16,18,19). The molecule has 4 nitrogen and oxygen atoms in total. The lowest BCUT2D eigenvalue weighted by Crippen LogP contribution is -1.98. The first-order valence-electron chi connectivity index (χ1n) is 6.29. The highest BCUT2D eigenvalue weighted by Gasteiger charge is 2.02. The fourth-order valence-corrected chi connectivity index (χ4v) is 2.28. The molecule has 0 aliphatic carbocycles. The van der Waals surface area contributed by atoms with Crippen LogP contribution in [0.25, 0.3) is 10.9 Å². The van der Waals surface area contributed by atoms with Crippen LogP contribution in [0.15, 0.2) is 30.3 Å². The van der Waals surface area contributed by atoms with E-state index in [0.29, 0.717) is 0 Å². The first-order chi connectivity index (χ1) is 9.10. The van der Waals surface area contributed by atoms with Crippen LogP contribution in [-0.4, -0.2) is 15.0 Å². The fraction of sp³-hybridized carbons (Fsp3) is 0.200. The average molecular weight is 252 g/mol. The van der Waals surface area contributed by atoms with Crippen molar-refractivity contribution in [2.45, 2.75) is 20.8 Å². The first kappa shape index (κ1) is 11.7. The van der Waals surface area contributed by atoms with E-state index in [1.165, 1.54) is 11.1 Å². The van der Waals surface area contributed by atoms with Crippen molar-refractivity contribution >= 4 is 22.4 Å². The Labute approximate surface area is 111 Å². The SMILES string of the molecule is Cc1cc(Nc2ccc3[nH]c(C)cc3c2)nc(C)n1. The maximum Gasteiger partial charge on any atom is 0.134 e. The molecule has 0 saturated heterocycles. The molecular formula is C15H16N4. The molecule has 4 heteroatoms. The summed E-state index contributed by atoms with van der Waals surface area (Å²) >= 11 is 0. The zero-order valence-electron chi connectivity index (χ0n) is 11.3. The Hall–Kier alpha value is -2.36. The molecule has 0 amide bonds. The van der Waals surface area contributed by atoms with Gasteiger partial charge in [-0.2, -0.15) is 0 Å². The predicted octanol–water partition coefficient (Wildman–Crippen LogP) is 3.63. The highest BCUT2D eigenvalue weighted by Crippen LogP contribution is 2.22. The summed E-state index contributed by atoms with van der Waals surface area (Å²) in [6.45, 7) is 5.93. The number of rotatable bonds is 2. The number of aromatic amines is 1. The second-order valence-corrected chi connectivity index (χ2v) is 4.82. The van der Waals surface area contributed by atoms with Crippen LogP contribution in [0, 0.1) is 20.8 Å². The van der Waals surface area contributed by atoms with Gasteiger partial charge in [-0.25, -0.2) is 9.97 Å². The maximum atomic E-state index is 4.38. The summed E-state index contributed by atoms with van der Waals surface area (Å²) in [5.41, 5.74) is 4.32. The fourth-order valence-electron chi connectivity index (χ4n) is 2.28. The molecule has 0 fully saturated rings. The number of fused-ring (bicyclic) bond motifs is 1. The highest BCUT2D eigenvalue weighted by atomic mass is 15.0. The van der Waals surface area contributed by atoms with E-state index < -0.39 is 0 Å². The molecule has 0 saturated carbocycles. The van der Waals surface area contributed by atoms with Gasteiger partial charge in [-0.1, -0.05) is 0 Å². The van der Waals surface area contributed by atoms with Crippen LogP contribution in [0.4, 0.5) is 11.5 Å². The van der Waals surface area contributed by atoms with Gasteiger partial charge in [-0.3, -0.25) is 0 Å². The third-order valence-electron chi connectivity index (χ3n) is 2.99. The third kappa shape index (κ3) is 2.42. The Bertz CT molecular complexity index is 723. The number of aryl methyl sites for hydroxylation is 3. The molecule has 96 valence electrons. The van der Waals surface area contributed by atoms with Crippen molar-refractivity contribution in [3.63, 3.8) is 0 Å². The Balaban J connectivity index is 1.95. The molecule has 3 aromatic rings. The summed E-state index contributed by atoms with van der Waals surface area (Å²) in [6.07, 6.45) is 0. The maximum absolute atomic E-state index is 4.38. The van der Waals surface area contributed by atoms with Crippen LogP contribution in [0.3, 0.4) is 0 Å². The van der Waals surface area contributed by atoms with Gasteiger partial charge in [0.2, 0.25) is 0 Å². The monoisotopic (exact) mass is 252 g/mol. The van der Waals surface area contributed by atoms with Crippen molar-refractivity contribution in [1.82, 2.24) is 15.0 Å². The Morgan fingerprint density at radius 1 is 1.00 bits per heavy atom. The molecule has 0 aliphatic heterocycles. The summed E-state index contributed by atoms with van der Waals surface area (Å²) in [4.78, 5) is 12.0. The predicted molar refractivity (Wildman–Crippen MR) is 77.8 cm³/mol. The summed E-state index contributed by atoms with van der Waals surface area (Å²) in [6, 6.07) is 10.3. The van der Waals surface area contributed by atoms with E-state index in [2.05, 4.69) is 45.4 Å². The quantitative estimate of drug-likeness (QED) is 0.732. The Morgan fingerprint density at radius 2 is 1.84 bits per heavy atom. The van der Waals surface area contributed by atoms with E-state index in [1.807, 2.05) is 26.0 Å². The molecule has 0 unspecified atom stereocenters. The van der Waals surface area contributed by atoms with Gasteiger partial charge < -0.3 is 10.3 Å². The van der Waals surface area contributed by atoms with Crippen LogP contribution in [0.2, 0.25) is 0 Å². The number of H-pyrrole nitrogens is 1. The van der Waals surface area contributed by atoms with Gasteiger partial charge in [0.1, 0.15) is 11.6 Å². The summed E-state index contributed by atoms with van der Waals surface area (Å²) in [5.74, 6) is 1.61. The van der Waals surface area contributed by atoms with E-state index in [1.54, 1.807) is 0 Å². The molecule has 2 heterocycles. The minimum absolute atomic E-state index is 0.779. The van der Waals surface area contributed by atoms with E-state index in [-0.39, 0.29) is 0 Å². The summed E-state index contributed by atoms with van der Waals surface area (Å²) < 4.78 is 0. The molecule has 0 bridgehead atoms. The van der Waals surface area contributed by atoms with E-state index in [4.69, 9.17) is 0 Å². The first-order valence-corrected chi connectivity index (χ1v) is 6.29. The van der Waals surface area contributed by atoms with Gasteiger partial charge >= 0.3 is 0 Å². The Kier molecular flexibility index (Phi) is 2.71. The van der Waals surface area contributed by atoms with Crippen LogP contribution < -0.4 is 5.32 Å². The number of aromatic nitrogens is 3. The van der Waals surface area contributed by atoms with Crippen LogP contribution >= 0.6 is 0 Å². The number of nitrogens with zero attached hydrogens (tertiary/aromatic N) is 2. The van der Waals surface area contributed by atoms with Crippen LogP contribution in [-0.2, 0) is 0 Å². The Morgan fingerprint density at radius 3 is 2.63 bits per heavy atom. The van der Waals surface area contributed by atoms with Crippen molar-refractivity contribution in [3.8, 4) is 0 Å². The smallest absolute Gasteiger partial charge is 0.134 e. The topological polar surface area (TPSA) is 53.6 Å². The minimum Gasteiger partial charge on any atom is -0.359 e. The normalized spacial score (nSPS) is 10.9. The molecule has 1 aromatic carbocycles. The van der Waals surface area contributed by atoms with Gasteiger partial charge in [-0.05, 0) is 45.0 Å². The molecule has 2 N–H and O–H groups in total. The number of benzene rings is 1. The van der Waals surface area contributed by atoms with Gasteiger partial charge in [0.05, 0.1) is 0 Å². The number of hydrogen-bond acceptors (Lipinski definition) is 3. The zero-order valence-corrected chi connectivity index (χ0v) is 11.3. The molecule has 0 atom stereocenters. The summed E-state index contributed by atoms with van der Waals surface area (Å²) in [5, 5.41) is 4.52. The lowest BCUT2D eigenvalue weighted by atomic mass is 10.2.